The Balaban J connectivity index is 4.23. The summed E-state index contributed by atoms with van der Waals surface area (Å²) in [6.45, 7) is 6.29. The summed E-state index contributed by atoms with van der Waals surface area (Å²) >= 11 is 0. The van der Waals surface area contributed by atoms with Gasteiger partial charge in [0, 0.05) is 6.42 Å². The Morgan fingerprint density at radius 1 is 1.00 bits per heavy atom. The van der Waals surface area contributed by atoms with Crippen molar-refractivity contribution < 1.29 is 14.3 Å². The lowest BCUT2D eigenvalue weighted by atomic mass is 9.94. The van der Waals surface area contributed by atoms with E-state index in [2.05, 4.69) is 13.8 Å². The first-order valence-corrected chi connectivity index (χ1v) is 6.86. The van der Waals surface area contributed by atoms with Crippen LogP contribution < -0.4 is 0 Å². The molecule has 0 aliphatic carbocycles. The van der Waals surface area contributed by atoms with E-state index in [4.69, 9.17) is 4.74 Å². The second-order valence-electron chi connectivity index (χ2n) is 4.37. The number of esters is 1. The molecule has 0 unspecified atom stereocenters. The number of hydrogen-bond acceptors (Lipinski definition) is 3. The van der Waals surface area contributed by atoms with Crippen molar-refractivity contribution in [3.05, 3.63) is 0 Å². The molecule has 100 valence electrons. The van der Waals surface area contributed by atoms with E-state index >= 15 is 0 Å². The van der Waals surface area contributed by atoms with Gasteiger partial charge in [-0.25, -0.2) is 0 Å². The summed E-state index contributed by atoms with van der Waals surface area (Å²) in [7, 11) is 0. The zero-order chi connectivity index (χ0) is 13.1. The van der Waals surface area contributed by atoms with Crippen molar-refractivity contribution in [2.75, 3.05) is 6.61 Å². The van der Waals surface area contributed by atoms with Gasteiger partial charge in [-0.05, 0) is 19.8 Å². The van der Waals surface area contributed by atoms with Crippen LogP contribution >= 0.6 is 0 Å². The van der Waals surface area contributed by atoms with Crippen LogP contribution in [0.1, 0.15) is 65.7 Å². The molecule has 0 spiro atoms. The highest BCUT2D eigenvalue weighted by molar-refractivity contribution is 5.98. The topological polar surface area (TPSA) is 43.4 Å². The molecule has 0 saturated heterocycles. The maximum absolute atomic E-state index is 11.9. The lowest BCUT2D eigenvalue weighted by molar-refractivity contribution is -0.152. The van der Waals surface area contributed by atoms with Crippen molar-refractivity contribution in [2.24, 2.45) is 5.92 Å². The molecule has 0 aromatic carbocycles. The van der Waals surface area contributed by atoms with Gasteiger partial charge in [0.2, 0.25) is 0 Å². The van der Waals surface area contributed by atoms with Crippen LogP contribution in [-0.2, 0) is 14.3 Å². The first-order valence-electron chi connectivity index (χ1n) is 6.86. The zero-order valence-corrected chi connectivity index (χ0v) is 11.5. The number of carbonyl (C=O) groups is 2. The SMILES string of the molecule is CCCCCC(=O)[C@H](CCCC)C(=O)OCC. The molecule has 0 aliphatic rings. The van der Waals surface area contributed by atoms with Crippen molar-refractivity contribution in [1.29, 1.82) is 0 Å². The molecule has 0 bridgehead atoms. The number of Topliss-reactive ketones (excluding diaryl/α,β-unsaturated/α-hetero) is 1. The van der Waals surface area contributed by atoms with Crippen LogP contribution in [0.3, 0.4) is 0 Å². The molecule has 0 aromatic rings. The molecule has 0 rings (SSSR count). The van der Waals surface area contributed by atoms with Crippen LogP contribution in [-0.4, -0.2) is 18.4 Å². The summed E-state index contributed by atoms with van der Waals surface area (Å²) in [5, 5.41) is 0. The molecular formula is C14H26O3. The Labute approximate surface area is 105 Å². The van der Waals surface area contributed by atoms with Gasteiger partial charge in [-0.1, -0.05) is 39.5 Å². The van der Waals surface area contributed by atoms with Crippen LogP contribution in [0.25, 0.3) is 0 Å². The average Bonchev–Trinajstić information content (AvgIpc) is 2.30. The summed E-state index contributed by atoms with van der Waals surface area (Å²) in [5.41, 5.74) is 0. The summed E-state index contributed by atoms with van der Waals surface area (Å²) < 4.78 is 4.97. The first-order chi connectivity index (χ1) is 8.17. The molecular weight excluding hydrogens is 216 g/mol. The van der Waals surface area contributed by atoms with Crippen LogP contribution in [0, 0.1) is 5.92 Å². The summed E-state index contributed by atoms with van der Waals surface area (Å²) in [4.78, 5) is 23.6. The van der Waals surface area contributed by atoms with E-state index in [1.807, 2.05) is 0 Å². The van der Waals surface area contributed by atoms with Crippen LogP contribution in [0.15, 0.2) is 0 Å². The zero-order valence-electron chi connectivity index (χ0n) is 11.5. The Morgan fingerprint density at radius 2 is 1.65 bits per heavy atom. The lowest BCUT2D eigenvalue weighted by Gasteiger charge is -2.13. The second-order valence-corrected chi connectivity index (χ2v) is 4.37. The van der Waals surface area contributed by atoms with Gasteiger partial charge in [-0.2, -0.15) is 0 Å². The van der Waals surface area contributed by atoms with Crippen LogP contribution in [0.2, 0.25) is 0 Å². The van der Waals surface area contributed by atoms with Gasteiger partial charge >= 0.3 is 5.97 Å². The molecule has 17 heavy (non-hydrogen) atoms. The molecule has 0 fully saturated rings. The number of unbranched alkanes of at least 4 members (excludes halogenated alkanes) is 3. The molecule has 0 N–H and O–H groups in total. The van der Waals surface area contributed by atoms with Crippen molar-refractivity contribution in [2.45, 2.75) is 65.7 Å². The Kier molecular flexibility index (Phi) is 9.78. The van der Waals surface area contributed by atoms with Gasteiger partial charge in [0.05, 0.1) is 6.61 Å². The minimum Gasteiger partial charge on any atom is -0.465 e. The molecule has 3 heteroatoms. The molecule has 0 aliphatic heterocycles. The number of carbonyl (C=O) groups excluding carboxylic acids is 2. The van der Waals surface area contributed by atoms with Crippen LogP contribution in [0.5, 0.6) is 0 Å². The molecule has 0 radical (unpaired) electrons. The van der Waals surface area contributed by atoms with Gasteiger partial charge in [-0.3, -0.25) is 9.59 Å². The molecule has 0 aromatic heterocycles. The Morgan fingerprint density at radius 3 is 2.18 bits per heavy atom. The fraction of sp³-hybridized carbons (Fsp3) is 0.857. The average molecular weight is 242 g/mol. The quantitative estimate of drug-likeness (QED) is 0.334. The van der Waals surface area contributed by atoms with Gasteiger partial charge in [-0.15, -0.1) is 0 Å². The van der Waals surface area contributed by atoms with E-state index in [0.717, 1.165) is 32.1 Å². The van der Waals surface area contributed by atoms with E-state index in [-0.39, 0.29) is 11.8 Å². The van der Waals surface area contributed by atoms with Gasteiger partial charge in [0.25, 0.3) is 0 Å². The van der Waals surface area contributed by atoms with Gasteiger partial charge < -0.3 is 4.74 Å². The molecule has 0 amide bonds. The normalized spacial score (nSPS) is 12.2. The highest BCUT2D eigenvalue weighted by Crippen LogP contribution is 2.16. The predicted octanol–water partition coefficient (Wildman–Crippen LogP) is 3.51. The van der Waals surface area contributed by atoms with E-state index in [9.17, 15) is 9.59 Å². The number of ketones is 1. The van der Waals surface area contributed by atoms with Gasteiger partial charge in [0.15, 0.2) is 0 Å². The molecule has 3 nitrogen and oxygen atoms in total. The van der Waals surface area contributed by atoms with Crippen molar-refractivity contribution in [3.8, 4) is 0 Å². The lowest BCUT2D eigenvalue weighted by Crippen LogP contribution is -2.26. The van der Waals surface area contributed by atoms with E-state index in [1.54, 1.807) is 6.92 Å². The second kappa shape index (κ2) is 10.3. The minimum atomic E-state index is -0.522. The van der Waals surface area contributed by atoms with E-state index in [0.29, 0.717) is 19.4 Å². The molecule has 0 heterocycles. The monoisotopic (exact) mass is 242 g/mol. The van der Waals surface area contributed by atoms with E-state index in [1.165, 1.54) is 0 Å². The highest BCUT2D eigenvalue weighted by atomic mass is 16.5. The van der Waals surface area contributed by atoms with Crippen molar-refractivity contribution in [1.82, 2.24) is 0 Å². The first kappa shape index (κ1) is 16.1. The third-order valence-corrected chi connectivity index (χ3v) is 2.83. The fourth-order valence-electron chi connectivity index (χ4n) is 1.78. The largest absolute Gasteiger partial charge is 0.465 e. The Hall–Kier alpha value is -0.860. The maximum atomic E-state index is 11.9. The third-order valence-electron chi connectivity index (χ3n) is 2.83. The number of hydrogen-bond donors (Lipinski definition) is 0. The minimum absolute atomic E-state index is 0.0605. The van der Waals surface area contributed by atoms with Gasteiger partial charge in [0.1, 0.15) is 11.7 Å². The highest BCUT2D eigenvalue weighted by Gasteiger charge is 2.26. The van der Waals surface area contributed by atoms with E-state index < -0.39 is 5.92 Å². The number of ether oxygens (including phenoxy) is 1. The maximum Gasteiger partial charge on any atom is 0.316 e. The fourth-order valence-corrected chi connectivity index (χ4v) is 1.78. The van der Waals surface area contributed by atoms with Crippen molar-refractivity contribution >= 4 is 11.8 Å². The smallest absolute Gasteiger partial charge is 0.316 e. The third kappa shape index (κ3) is 7.14. The number of rotatable bonds is 10. The standard InChI is InChI=1S/C14H26O3/c1-4-7-9-11-13(15)12(10-8-5-2)14(16)17-6-3/h12H,4-11H2,1-3H3/t12-/m0/s1. The summed E-state index contributed by atoms with van der Waals surface area (Å²) in [6.07, 6.45) is 6.08. The predicted molar refractivity (Wildman–Crippen MR) is 68.8 cm³/mol. The van der Waals surface area contributed by atoms with Crippen LogP contribution in [0.4, 0.5) is 0 Å². The Bertz CT molecular complexity index is 224. The molecule has 1 atom stereocenters. The van der Waals surface area contributed by atoms with Crippen molar-refractivity contribution in [3.63, 3.8) is 0 Å². The summed E-state index contributed by atoms with van der Waals surface area (Å²) in [5.74, 6) is -0.792. The molecule has 0 saturated carbocycles. The summed E-state index contributed by atoms with van der Waals surface area (Å²) in [6, 6.07) is 0.